The second kappa shape index (κ2) is 15.9. The van der Waals surface area contributed by atoms with Crippen LogP contribution >= 0.6 is 0 Å². The number of rotatable bonds is 14. The summed E-state index contributed by atoms with van der Waals surface area (Å²) in [7, 11) is 0. The van der Waals surface area contributed by atoms with E-state index in [4.69, 9.17) is 5.11 Å². The number of hydrogen-bond donors (Lipinski definition) is 2. The van der Waals surface area contributed by atoms with Gasteiger partial charge in [0.05, 0.1) is 6.10 Å². The normalized spacial score (nSPS) is 13.6. The van der Waals surface area contributed by atoms with Gasteiger partial charge in [-0.05, 0) is 31.8 Å². The van der Waals surface area contributed by atoms with Crippen LogP contribution in [0.2, 0.25) is 0 Å². The van der Waals surface area contributed by atoms with Gasteiger partial charge in [0, 0.05) is 12.8 Å². The molecule has 0 aromatic heterocycles. The Labute approximate surface area is 145 Å². The van der Waals surface area contributed by atoms with Crippen molar-refractivity contribution in [1.29, 1.82) is 0 Å². The third-order valence-electron chi connectivity index (χ3n) is 3.28. The van der Waals surface area contributed by atoms with Crippen LogP contribution in [0, 0.1) is 0 Å². The van der Waals surface area contributed by atoms with Gasteiger partial charge in [-0.3, -0.25) is 9.59 Å². The minimum atomic E-state index is -0.883. The van der Waals surface area contributed by atoms with Crippen LogP contribution in [-0.2, 0) is 9.59 Å². The molecule has 0 aliphatic heterocycles. The summed E-state index contributed by atoms with van der Waals surface area (Å²) in [6, 6.07) is 0. The largest absolute Gasteiger partial charge is 0.481 e. The summed E-state index contributed by atoms with van der Waals surface area (Å²) in [5.41, 5.74) is 0. The number of carboxylic acid groups (broad SMARTS) is 1. The van der Waals surface area contributed by atoms with Crippen LogP contribution in [0.3, 0.4) is 0 Å². The molecule has 0 bridgehead atoms. The number of aliphatic carboxylic acids is 1. The molecule has 0 amide bonds. The molecule has 0 spiro atoms. The summed E-state index contributed by atoms with van der Waals surface area (Å²) < 4.78 is 0. The average molecular weight is 334 g/mol. The predicted octanol–water partition coefficient (Wildman–Crippen LogP) is 4.37. The van der Waals surface area contributed by atoms with Crippen molar-refractivity contribution in [3.63, 3.8) is 0 Å². The summed E-state index contributed by atoms with van der Waals surface area (Å²) >= 11 is 0. The van der Waals surface area contributed by atoms with E-state index in [0.717, 1.165) is 6.42 Å². The Kier molecular flexibility index (Phi) is 14.6. The molecule has 4 nitrogen and oxygen atoms in total. The maximum absolute atomic E-state index is 11.4. The van der Waals surface area contributed by atoms with E-state index >= 15 is 0 Å². The molecule has 0 aliphatic rings. The maximum atomic E-state index is 11.4. The van der Waals surface area contributed by atoms with Crippen molar-refractivity contribution in [3.05, 3.63) is 48.6 Å². The number of ketones is 1. The van der Waals surface area contributed by atoms with Gasteiger partial charge in [0.1, 0.15) is 0 Å². The number of carbonyl (C=O) groups is 2. The van der Waals surface area contributed by atoms with Gasteiger partial charge in [-0.25, -0.2) is 0 Å². The maximum Gasteiger partial charge on any atom is 0.303 e. The second-order valence-corrected chi connectivity index (χ2v) is 5.61. The first-order valence-corrected chi connectivity index (χ1v) is 8.65. The predicted molar refractivity (Wildman–Crippen MR) is 97.8 cm³/mol. The van der Waals surface area contributed by atoms with Crippen molar-refractivity contribution >= 4 is 11.8 Å². The third-order valence-corrected chi connectivity index (χ3v) is 3.28. The first kappa shape index (κ1) is 22.1. The lowest BCUT2D eigenvalue weighted by Crippen LogP contribution is -1.98. The van der Waals surface area contributed by atoms with Crippen LogP contribution in [-0.4, -0.2) is 28.1 Å². The van der Waals surface area contributed by atoms with Crippen LogP contribution in [0.25, 0.3) is 0 Å². The minimum Gasteiger partial charge on any atom is -0.481 e. The summed E-state index contributed by atoms with van der Waals surface area (Å²) in [4.78, 5) is 21.7. The Bertz CT molecular complexity index is 458. The summed E-state index contributed by atoms with van der Waals surface area (Å²) in [6.07, 6.45) is 19.5. The molecule has 1 atom stereocenters. The van der Waals surface area contributed by atoms with Crippen LogP contribution < -0.4 is 0 Å². The first-order valence-electron chi connectivity index (χ1n) is 8.65. The zero-order chi connectivity index (χ0) is 18.0. The van der Waals surface area contributed by atoms with Crippen molar-refractivity contribution in [2.24, 2.45) is 0 Å². The molecule has 0 aromatic carbocycles. The molecule has 0 rings (SSSR count). The lowest BCUT2D eigenvalue weighted by Gasteiger charge is -1.99. The molecule has 0 radical (unpaired) electrons. The monoisotopic (exact) mass is 334 g/mol. The first-order chi connectivity index (χ1) is 11.6. The molecule has 4 heteroatoms. The van der Waals surface area contributed by atoms with E-state index in [0.29, 0.717) is 12.8 Å². The molecule has 0 unspecified atom stereocenters. The van der Waals surface area contributed by atoms with Gasteiger partial charge in [0.15, 0.2) is 5.78 Å². The Balaban J connectivity index is 3.83. The molecular weight excluding hydrogens is 304 g/mol. The quantitative estimate of drug-likeness (QED) is 0.214. The Morgan fingerprint density at radius 2 is 1.71 bits per heavy atom. The number of carboxylic acids is 1. The second-order valence-electron chi connectivity index (χ2n) is 5.61. The van der Waals surface area contributed by atoms with Crippen LogP contribution in [0.4, 0.5) is 0 Å². The van der Waals surface area contributed by atoms with Gasteiger partial charge in [-0.1, -0.05) is 62.3 Å². The highest BCUT2D eigenvalue weighted by Crippen LogP contribution is 2.02. The highest BCUT2D eigenvalue weighted by molar-refractivity contribution is 5.90. The van der Waals surface area contributed by atoms with Gasteiger partial charge >= 0.3 is 5.97 Å². The molecular formula is C20H30O4. The standard InChI is InChI=1S/C20H30O4/c1-2-3-4-5-6-9-13-18(21)14-10-7-8-11-15-19(22)16-12-17-20(23)24/h6-11,14-15,18,21H,2-5,12-13,16-17H2,1H3,(H,23,24)/b8-7+,9-6-,14-10+,15-11+/t18-/m0/s1. The lowest BCUT2D eigenvalue weighted by atomic mass is 10.1. The average Bonchev–Trinajstić information content (AvgIpc) is 2.53. The third kappa shape index (κ3) is 16.4. The number of aliphatic hydroxyl groups excluding tert-OH is 1. The molecule has 0 aromatic rings. The Morgan fingerprint density at radius 1 is 0.958 bits per heavy atom. The van der Waals surface area contributed by atoms with Gasteiger partial charge in [0.25, 0.3) is 0 Å². The van der Waals surface area contributed by atoms with E-state index < -0.39 is 12.1 Å². The number of hydrogen-bond acceptors (Lipinski definition) is 3. The fourth-order valence-corrected chi connectivity index (χ4v) is 1.93. The van der Waals surface area contributed by atoms with Gasteiger partial charge in [0.2, 0.25) is 0 Å². The molecule has 0 saturated heterocycles. The van der Waals surface area contributed by atoms with E-state index in [1.807, 2.05) is 6.08 Å². The Hall–Kier alpha value is -1.94. The van der Waals surface area contributed by atoms with E-state index in [9.17, 15) is 14.7 Å². The summed E-state index contributed by atoms with van der Waals surface area (Å²) in [5, 5.41) is 18.2. The molecule has 0 saturated carbocycles. The van der Waals surface area contributed by atoms with Crippen molar-refractivity contribution in [1.82, 2.24) is 0 Å². The van der Waals surface area contributed by atoms with Gasteiger partial charge < -0.3 is 10.2 Å². The summed E-state index contributed by atoms with van der Waals surface area (Å²) in [6.45, 7) is 2.18. The van der Waals surface area contributed by atoms with Crippen molar-refractivity contribution < 1.29 is 19.8 Å². The zero-order valence-corrected chi connectivity index (χ0v) is 14.6. The molecule has 0 fully saturated rings. The Morgan fingerprint density at radius 3 is 2.42 bits per heavy atom. The van der Waals surface area contributed by atoms with Gasteiger partial charge in [-0.2, -0.15) is 0 Å². The van der Waals surface area contributed by atoms with E-state index in [-0.39, 0.29) is 18.6 Å². The zero-order valence-electron chi connectivity index (χ0n) is 14.6. The van der Waals surface area contributed by atoms with E-state index in [2.05, 4.69) is 13.0 Å². The summed E-state index contributed by atoms with van der Waals surface area (Å²) in [5.74, 6) is -0.968. The smallest absolute Gasteiger partial charge is 0.303 e. The van der Waals surface area contributed by atoms with Crippen molar-refractivity contribution in [2.75, 3.05) is 0 Å². The molecule has 0 heterocycles. The molecule has 0 aliphatic carbocycles. The van der Waals surface area contributed by atoms with Crippen molar-refractivity contribution in [3.8, 4) is 0 Å². The fraction of sp³-hybridized carbons (Fsp3) is 0.500. The minimum absolute atomic E-state index is 0.0170. The number of carbonyl (C=O) groups excluding carboxylic acids is 1. The number of aliphatic hydroxyl groups is 1. The lowest BCUT2D eigenvalue weighted by molar-refractivity contribution is -0.137. The molecule has 2 N–H and O–H groups in total. The van der Waals surface area contributed by atoms with Crippen LogP contribution in [0.1, 0.15) is 58.3 Å². The topological polar surface area (TPSA) is 74.6 Å². The SMILES string of the molecule is CCCCC/C=C\C[C@H](O)/C=C/C=C/C=C/C(=O)CCCC(=O)O. The van der Waals surface area contributed by atoms with Crippen LogP contribution in [0.15, 0.2) is 48.6 Å². The highest BCUT2D eigenvalue weighted by Gasteiger charge is 1.99. The highest BCUT2D eigenvalue weighted by atomic mass is 16.4. The molecule has 134 valence electrons. The van der Waals surface area contributed by atoms with Crippen LogP contribution in [0.5, 0.6) is 0 Å². The van der Waals surface area contributed by atoms with Gasteiger partial charge in [-0.15, -0.1) is 0 Å². The molecule has 24 heavy (non-hydrogen) atoms. The number of allylic oxidation sites excluding steroid dienone is 6. The fourth-order valence-electron chi connectivity index (χ4n) is 1.93. The van der Waals surface area contributed by atoms with Crippen molar-refractivity contribution in [2.45, 2.75) is 64.4 Å². The number of unbranched alkanes of at least 4 members (excludes halogenated alkanes) is 3. The van der Waals surface area contributed by atoms with E-state index in [1.165, 1.54) is 25.3 Å². The van der Waals surface area contributed by atoms with E-state index in [1.54, 1.807) is 30.4 Å².